The normalized spacial score (nSPS) is 21.1. The molecule has 2 N–H and O–H groups in total. The molecule has 0 bridgehead atoms. The number of nitrogens with zero attached hydrogens (tertiary/aromatic N) is 1. The number of rotatable bonds is 7. The van der Waals surface area contributed by atoms with Crippen LogP contribution in [0.4, 0.5) is 0 Å². The number of carbonyl (C=O) groups is 1. The maximum absolute atomic E-state index is 11.6. The average molecular weight is 228 g/mol. The fourth-order valence-electron chi connectivity index (χ4n) is 1.95. The maximum atomic E-state index is 11.6. The lowest BCUT2D eigenvalue weighted by Gasteiger charge is -2.16. The predicted octanol–water partition coefficient (Wildman–Crippen LogP) is 0.999. The second kappa shape index (κ2) is 6.86. The highest BCUT2D eigenvalue weighted by Gasteiger charge is 2.27. The van der Waals surface area contributed by atoms with Gasteiger partial charge in [0.1, 0.15) is 0 Å². The minimum absolute atomic E-state index is 0.264. The fraction of sp³-hybridized carbons (Fsp3) is 0.917. The number of hydrogen-bond donors (Lipinski definition) is 1. The van der Waals surface area contributed by atoms with Crippen molar-refractivity contribution in [2.24, 2.45) is 11.7 Å². The van der Waals surface area contributed by atoms with Gasteiger partial charge in [0.05, 0.1) is 6.10 Å². The molecule has 4 heteroatoms. The lowest BCUT2D eigenvalue weighted by molar-refractivity contribution is -0.127. The molecule has 0 aromatic rings. The van der Waals surface area contributed by atoms with Crippen LogP contribution in [0.25, 0.3) is 0 Å². The van der Waals surface area contributed by atoms with Crippen LogP contribution in [-0.4, -0.2) is 43.2 Å². The molecule has 4 nitrogen and oxygen atoms in total. The minimum atomic E-state index is 0.264. The molecule has 1 aliphatic heterocycles. The first kappa shape index (κ1) is 13.5. The monoisotopic (exact) mass is 228 g/mol. The lowest BCUT2D eigenvalue weighted by Crippen LogP contribution is -2.27. The van der Waals surface area contributed by atoms with E-state index in [1.807, 2.05) is 18.7 Å². The molecule has 16 heavy (non-hydrogen) atoms. The molecule has 0 saturated carbocycles. The standard InChI is InChI=1S/C12H24N2O2/c1-10(2)16-6-4-3-5-14-9-11(8-13)7-12(14)15/h10-11H,3-9,13H2,1-2H3. The van der Waals surface area contributed by atoms with E-state index < -0.39 is 0 Å². The third-order valence-electron chi connectivity index (χ3n) is 2.90. The molecule has 0 radical (unpaired) electrons. The van der Waals surface area contributed by atoms with Gasteiger partial charge in [-0.05, 0) is 39.2 Å². The lowest BCUT2D eigenvalue weighted by atomic mass is 10.1. The van der Waals surface area contributed by atoms with Gasteiger partial charge in [0, 0.05) is 26.1 Å². The van der Waals surface area contributed by atoms with Crippen molar-refractivity contribution in [1.29, 1.82) is 0 Å². The Morgan fingerprint density at radius 3 is 2.81 bits per heavy atom. The summed E-state index contributed by atoms with van der Waals surface area (Å²) >= 11 is 0. The molecule has 94 valence electrons. The van der Waals surface area contributed by atoms with Gasteiger partial charge >= 0.3 is 0 Å². The Morgan fingerprint density at radius 1 is 1.50 bits per heavy atom. The molecule has 1 heterocycles. The molecular formula is C12H24N2O2. The number of nitrogens with two attached hydrogens (primary N) is 1. The molecule has 1 fully saturated rings. The smallest absolute Gasteiger partial charge is 0.222 e. The van der Waals surface area contributed by atoms with E-state index in [9.17, 15) is 4.79 Å². The zero-order valence-electron chi connectivity index (χ0n) is 10.4. The summed E-state index contributed by atoms with van der Waals surface area (Å²) in [5.41, 5.74) is 5.57. The van der Waals surface area contributed by atoms with Gasteiger partial charge in [0.15, 0.2) is 0 Å². The van der Waals surface area contributed by atoms with Gasteiger partial charge in [-0.2, -0.15) is 0 Å². The first-order valence-electron chi connectivity index (χ1n) is 6.23. The van der Waals surface area contributed by atoms with Gasteiger partial charge in [-0.1, -0.05) is 0 Å². The van der Waals surface area contributed by atoms with Crippen LogP contribution < -0.4 is 5.73 Å². The van der Waals surface area contributed by atoms with Crippen molar-refractivity contribution >= 4 is 5.91 Å². The van der Waals surface area contributed by atoms with Crippen LogP contribution >= 0.6 is 0 Å². The quantitative estimate of drug-likeness (QED) is 0.661. The third kappa shape index (κ3) is 4.49. The number of ether oxygens (including phenoxy) is 1. The van der Waals surface area contributed by atoms with E-state index in [1.165, 1.54) is 0 Å². The van der Waals surface area contributed by atoms with Crippen molar-refractivity contribution in [3.05, 3.63) is 0 Å². The number of hydrogen-bond acceptors (Lipinski definition) is 3. The summed E-state index contributed by atoms with van der Waals surface area (Å²) in [4.78, 5) is 13.5. The third-order valence-corrected chi connectivity index (χ3v) is 2.90. The van der Waals surface area contributed by atoms with Crippen molar-refractivity contribution in [3.63, 3.8) is 0 Å². The Bertz CT molecular complexity index is 219. The van der Waals surface area contributed by atoms with Crippen LogP contribution in [0.15, 0.2) is 0 Å². The summed E-state index contributed by atoms with van der Waals surface area (Å²) in [5.74, 6) is 0.639. The zero-order valence-corrected chi connectivity index (χ0v) is 10.4. The molecule has 1 rings (SSSR count). The van der Waals surface area contributed by atoms with Crippen molar-refractivity contribution in [2.45, 2.75) is 39.2 Å². The second-order valence-corrected chi connectivity index (χ2v) is 4.77. The van der Waals surface area contributed by atoms with E-state index >= 15 is 0 Å². The first-order valence-corrected chi connectivity index (χ1v) is 6.23. The van der Waals surface area contributed by atoms with Gasteiger partial charge in [-0.25, -0.2) is 0 Å². The van der Waals surface area contributed by atoms with Gasteiger partial charge in [0.25, 0.3) is 0 Å². The summed E-state index contributed by atoms with van der Waals surface area (Å²) in [7, 11) is 0. The van der Waals surface area contributed by atoms with E-state index in [0.29, 0.717) is 25.0 Å². The van der Waals surface area contributed by atoms with Gasteiger partial charge in [-0.3, -0.25) is 4.79 Å². The van der Waals surface area contributed by atoms with Crippen LogP contribution in [0.5, 0.6) is 0 Å². The molecule has 0 spiro atoms. The number of carbonyl (C=O) groups excluding carboxylic acids is 1. The van der Waals surface area contributed by atoms with Gasteiger partial charge in [-0.15, -0.1) is 0 Å². The highest BCUT2D eigenvalue weighted by molar-refractivity contribution is 5.78. The molecule has 0 aromatic carbocycles. The van der Waals surface area contributed by atoms with Crippen molar-refractivity contribution in [2.75, 3.05) is 26.2 Å². The van der Waals surface area contributed by atoms with Crippen molar-refractivity contribution in [1.82, 2.24) is 4.90 Å². The maximum Gasteiger partial charge on any atom is 0.222 e. The predicted molar refractivity (Wildman–Crippen MR) is 64.1 cm³/mol. The molecular weight excluding hydrogens is 204 g/mol. The SMILES string of the molecule is CC(C)OCCCCN1CC(CN)CC1=O. The molecule has 0 aliphatic carbocycles. The molecule has 1 amide bonds. The second-order valence-electron chi connectivity index (χ2n) is 4.77. The summed E-state index contributed by atoms with van der Waals surface area (Å²) in [6.45, 7) is 7.20. The Hall–Kier alpha value is -0.610. The number of likely N-dealkylation sites (tertiary alicyclic amines) is 1. The molecule has 1 aliphatic rings. The van der Waals surface area contributed by atoms with Crippen LogP contribution in [0.3, 0.4) is 0 Å². The highest BCUT2D eigenvalue weighted by atomic mass is 16.5. The Kier molecular flexibility index (Phi) is 5.77. The van der Waals surface area contributed by atoms with E-state index in [-0.39, 0.29) is 5.91 Å². The summed E-state index contributed by atoms with van der Waals surface area (Å²) in [6, 6.07) is 0. The fourth-order valence-corrected chi connectivity index (χ4v) is 1.95. The first-order chi connectivity index (χ1) is 7.63. The Labute approximate surface area is 98.1 Å². The van der Waals surface area contributed by atoms with Crippen LogP contribution in [0, 0.1) is 5.92 Å². The van der Waals surface area contributed by atoms with Gasteiger partial charge in [0.2, 0.25) is 5.91 Å². The molecule has 1 atom stereocenters. The van der Waals surface area contributed by atoms with E-state index in [2.05, 4.69) is 0 Å². The summed E-state index contributed by atoms with van der Waals surface area (Å²) < 4.78 is 5.45. The van der Waals surface area contributed by atoms with Crippen molar-refractivity contribution in [3.8, 4) is 0 Å². The highest BCUT2D eigenvalue weighted by Crippen LogP contribution is 2.16. The van der Waals surface area contributed by atoms with Crippen LogP contribution in [0.1, 0.15) is 33.1 Å². The van der Waals surface area contributed by atoms with Crippen LogP contribution in [0.2, 0.25) is 0 Å². The van der Waals surface area contributed by atoms with E-state index in [0.717, 1.165) is 32.5 Å². The Morgan fingerprint density at radius 2 is 2.25 bits per heavy atom. The average Bonchev–Trinajstić information content (AvgIpc) is 2.59. The largest absolute Gasteiger partial charge is 0.379 e. The summed E-state index contributed by atoms with van der Waals surface area (Å²) in [5, 5.41) is 0. The molecule has 1 saturated heterocycles. The van der Waals surface area contributed by atoms with E-state index in [4.69, 9.17) is 10.5 Å². The Balaban J connectivity index is 2.07. The van der Waals surface area contributed by atoms with E-state index in [1.54, 1.807) is 0 Å². The minimum Gasteiger partial charge on any atom is -0.379 e. The molecule has 1 unspecified atom stereocenters. The molecule has 0 aromatic heterocycles. The van der Waals surface area contributed by atoms with Crippen molar-refractivity contribution < 1.29 is 9.53 Å². The number of amides is 1. The summed E-state index contributed by atoms with van der Waals surface area (Å²) in [6.07, 6.45) is 2.99. The van der Waals surface area contributed by atoms with Crippen LogP contribution in [-0.2, 0) is 9.53 Å². The number of unbranched alkanes of at least 4 members (excludes halogenated alkanes) is 1. The van der Waals surface area contributed by atoms with Gasteiger partial charge < -0.3 is 15.4 Å². The topological polar surface area (TPSA) is 55.6 Å². The zero-order chi connectivity index (χ0) is 12.0.